The third-order valence-electron chi connectivity index (χ3n) is 5.04. The van der Waals surface area contributed by atoms with Gasteiger partial charge in [-0.15, -0.1) is 0 Å². The van der Waals surface area contributed by atoms with E-state index >= 15 is 0 Å². The number of carbonyl (C=O) groups excluding carboxylic acids is 1. The van der Waals surface area contributed by atoms with Gasteiger partial charge in [-0.05, 0) is 30.2 Å². The summed E-state index contributed by atoms with van der Waals surface area (Å²) in [6, 6.07) is 23.9. The van der Waals surface area contributed by atoms with Crippen molar-refractivity contribution in [3.05, 3.63) is 89.5 Å². The molecule has 3 aromatic carbocycles. The minimum absolute atomic E-state index is 0.0682. The first kappa shape index (κ1) is 20.0. The standard InChI is InChI=1S/C25H26N2O3/c1-18-8-10-20(11-9-18)25(19-6-3-2-4-7-19)26-17-24(28)27-21-12-13-22-23(16-21)30-15-5-14-29-22/h2-4,6-13,16,25-26H,5,14-15,17H2,1H3,(H,27,28)/t25-/m0/s1. The Morgan fingerprint density at radius 3 is 2.37 bits per heavy atom. The van der Waals surface area contributed by atoms with E-state index in [1.807, 2.05) is 36.4 Å². The molecular weight excluding hydrogens is 376 g/mol. The average molecular weight is 402 g/mol. The SMILES string of the molecule is Cc1ccc([C@@H](NCC(=O)Nc2ccc3c(c2)OCCCO3)c2ccccc2)cc1. The molecule has 3 aromatic rings. The van der Waals surface area contributed by atoms with Crippen molar-refractivity contribution in [2.75, 3.05) is 25.1 Å². The summed E-state index contributed by atoms with van der Waals surface area (Å²) in [7, 11) is 0. The Morgan fingerprint density at radius 1 is 0.900 bits per heavy atom. The summed E-state index contributed by atoms with van der Waals surface area (Å²) < 4.78 is 11.3. The number of amides is 1. The number of nitrogens with one attached hydrogen (secondary N) is 2. The van der Waals surface area contributed by atoms with E-state index in [0.29, 0.717) is 30.4 Å². The molecule has 1 aliphatic rings. The van der Waals surface area contributed by atoms with Gasteiger partial charge in [0.15, 0.2) is 11.5 Å². The predicted molar refractivity (Wildman–Crippen MR) is 118 cm³/mol. The van der Waals surface area contributed by atoms with Crippen molar-refractivity contribution < 1.29 is 14.3 Å². The Morgan fingerprint density at radius 2 is 1.60 bits per heavy atom. The van der Waals surface area contributed by atoms with Crippen molar-refractivity contribution in [1.82, 2.24) is 5.32 Å². The van der Waals surface area contributed by atoms with Crippen LogP contribution < -0.4 is 20.1 Å². The van der Waals surface area contributed by atoms with Crippen LogP contribution in [0.4, 0.5) is 5.69 Å². The molecular formula is C25H26N2O3. The summed E-state index contributed by atoms with van der Waals surface area (Å²) in [5, 5.41) is 6.34. The highest BCUT2D eigenvalue weighted by molar-refractivity contribution is 5.92. The zero-order chi connectivity index (χ0) is 20.8. The predicted octanol–water partition coefficient (Wildman–Crippen LogP) is 4.47. The lowest BCUT2D eigenvalue weighted by Crippen LogP contribution is -2.31. The molecule has 154 valence electrons. The molecule has 0 bridgehead atoms. The van der Waals surface area contributed by atoms with Gasteiger partial charge in [-0.1, -0.05) is 60.2 Å². The largest absolute Gasteiger partial charge is 0.490 e. The summed E-state index contributed by atoms with van der Waals surface area (Å²) in [6.45, 7) is 3.50. The number of carbonyl (C=O) groups is 1. The number of anilines is 1. The van der Waals surface area contributed by atoms with E-state index in [2.05, 4.69) is 54.0 Å². The molecule has 1 aliphatic heterocycles. The van der Waals surface area contributed by atoms with Gasteiger partial charge >= 0.3 is 0 Å². The maximum Gasteiger partial charge on any atom is 0.238 e. The molecule has 0 saturated heterocycles. The average Bonchev–Trinajstić information content (AvgIpc) is 3.01. The van der Waals surface area contributed by atoms with E-state index < -0.39 is 0 Å². The topological polar surface area (TPSA) is 59.6 Å². The van der Waals surface area contributed by atoms with Crippen LogP contribution in [-0.4, -0.2) is 25.7 Å². The van der Waals surface area contributed by atoms with Gasteiger partial charge < -0.3 is 14.8 Å². The number of ether oxygens (including phenoxy) is 2. The molecule has 0 saturated carbocycles. The smallest absolute Gasteiger partial charge is 0.238 e. The van der Waals surface area contributed by atoms with Gasteiger partial charge in [0, 0.05) is 18.2 Å². The van der Waals surface area contributed by atoms with E-state index in [9.17, 15) is 4.79 Å². The number of hydrogen-bond acceptors (Lipinski definition) is 4. The van der Waals surface area contributed by atoms with Crippen LogP contribution in [0, 0.1) is 6.92 Å². The zero-order valence-corrected chi connectivity index (χ0v) is 17.1. The molecule has 5 nitrogen and oxygen atoms in total. The summed E-state index contributed by atoms with van der Waals surface area (Å²) in [5.41, 5.74) is 4.13. The van der Waals surface area contributed by atoms with Crippen LogP contribution >= 0.6 is 0 Å². The molecule has 0 fully saturated rings. The van der Waals surface area contributed by atoms with Crippen LogP contribution in [0.25, 0.3) is 0 Å². The lowest BCUT2D eigenvalue weighted by molar-refractivity contribution is -0.115. The first-order valence-electron chi connectivity index (χ1n) is 10.2. The molecule has 4 rings (SSSR count). The number of aryl methyl sites for hydroxylation is 1. The highest BCUT2D eigenvalue weighted by atomic mass is 16.5. The molecule has 2 N–H and O–H groups in total. The van der Waals surface area contributed by atoms with Gasteiger partial charge in [0.2, 0.25) is 5.91 Å². The van der Waals surface area contributed by atoms with Crippen LogP contribution in [-0.2, 0) is 4.79 Å². The fourth-order valence-corrected chi connectivity index (χ4v) is 3.47. The van der Waals surface area contributed by atoms with Crippen LogP contribution in [0.15, 0.2) is 72.8 Å². The molecule has 0 unspecified atom stereocenters. The molecule has 0 aliphatic carbocycles. The van der Waals surface area contributed by atoms with Crippen molar-refractivity contribution >= 4 is 11.6 Å². The zero-order valence-electron chi connectivity index (χ0n) is 17.1. The van der Waals surface area contributed by atoms with Gasteiger partial charge in [-0.3, -0.25) is 10.1 Å². The normalized spacial score (nSPS) is 13.9. The van der Waals surface area contributed by atoms with Crippen LogP contribution in [0.3, 0.4) is 0 Å². The van der Waals surface area contributed by atoms with E-state index in [1.165, 1.54) is 5.56 Å². The van der Waals surface area contributed by atoms with Gasteiger partial charge in [0.05, 0.1) is 25.8 Å². The molecule has 0 spiro atoms. The quantitative estimate of drug-likeness (QED) is 0.639. The van der Waals surface area contributed by atoms with Gasteiger partial charge in [0.25, 0.3) is 0 Å². The van der Waals surface area contributed by atoms with Crippen molar-refractivity contribution in [3.8, 4) is 11.5 Å². The second-order valence-corrected chi connectivity index (χ2v) is 7.40. The van der Waals surface area contributed by atoms with Crippen molar-refractivity contribution in [1.29, 1.82) is 0 Å². The maximum absolute atomic E-state index is 12.6. The first-order chi connectivity index (χ1) is 14.7. The Balaban J connectivity index is 1.44. The number of rotatable bonds is 6. The van der Waals surface area contributed by atoms with E-state index in [1.54, 1.807) is 0 Å². The van der Waals surface area contributed by atoms with E-state index in [0.717, 1.165) is 17.5 Å². The lowest BCUT2D eigenvalue weighted by atomic mass is 9.98. The number of benzene rings is 3. The van der Waals surface area contributed by atoms with Crippen molar-refractivity contribution in [2.24, 2.45) is 0 Å². The summed E-state index contributed by atoms with van der Waals surface area (Å²) in [6.07, 6.45) is 0.847. The summed E-state index contributed by atoms with van der Waals surface area (Å²) in [4.78, 5) is 12.6. The summed E-state index contributed by atoms with van der Waals surface area (Å²) >= 11 is 0. The van der Waals surface area contributed by atoms with Crippen LogP contribution in [0.5, 0.6) is 11.5 Å². The third-order valence-corrected chi connectivity index (χ3v) is 5.04. The van der Waals surface area contributed by atoms with Crippen LogP contribution in [0.2, 0.25) is 0 Å². The fourth-order valence-electron chi connectivity index (χ4n) is 3.47. The summed E-state index contributed by atoms with van der Waals surface area (Å²) in [5.74, 6) is 1.27. The van der Waals surface area contributed by atoms with Crippen molar-refractivity contribution in [2.45, 2.75) is 19.4 Å². The minimum atomic E-state index is -0.113. The van der Waals surface area contributed by atoms with Crippen molar-refractivity contribution in [3.63, 3.8) is 0 Å². The second kappa shape index (κ2) is 9.46. The Kier molecular flexibility index (Phi) is 6.30. The van der Waals surface area contributed by atoms with E-state index in [-0.39, 0.29) is 18.5 Å². The molecule has 0 aromatic heterocycles. The molecule has 1 amide bonds. The molecule has 1 heterocycles. The molecule has 30 heavy (non-hydrogen) atoms. The van der Waals surface area contributed by atoms with Crippen LogP contribution in [0.1, 0.15) is 29.2 Å². The Labute approximate surface area is 177 Å². The van der Waals surface area contributed by atoms with Gasteiger partial charge in [-0.25, -0.2) is 0 Å². The number of fused-ring (bicyclic) bond motifs is 1. The third kappa shape index (κ3) is 4.99. The van der Waals surface area contributed by atoms with Gasteiger partial charge in [-0.2, -0.15) is 0 Å². The number of hydrogen-bond donors (Lipinski definition) is 2. The van der Waals surface area contributed by atoms with E-state index in [4.69, 9.17) is 9.47 Å². The Bertz CT molecular complexity index is 987. The highest BCUT2D eigenvalue weighted by Gasteiger charge is 2.16. The highest BCUT2D eigenvalue weighted by Crippen LogP contribution is 2.32. The second-order valence-electron chi connectivity index (χ2n) is 7.40. The molecule has 1 atom stereocenters. The lowest BCUT2D eigenvalue weighted by Gasteiger charge is -2.20. The molecule has 5 heteroatoms. The minimum Gasteiger partial charge on any atom is -0.490 e. The monoisotopic (exact) mass is 402 g/mol. The maximum atomic E-state index is 12.6. The Hall–Kier alpha value is -3.31. The fraction of sp³-hybridized carbons (Fsp3) is 0.240. The first-order valence-corrected chi connectivity index (χ1v) is 10.2. The molecule has 0 radical (unpaired) electrons. The van der Waals surface area contributed by atoms with Gasteiger partial charge in [0.1, 0.15) is 0 Å².